The SMILES string of the molecule is CCCN1CCN(C(=O)c2ccc(OC)c(-c3ccccn3)c2)CC1. The average molecular weight is 339 g/mol. The van der Waals surface area contributed by atoms with E-state index in [0.717, 1.165) is 56.2 Å². The van der Waals surface area contributed by atoms with Crippen LogP contribution in [0.5, 0.6) is 5.75 Å². The Kier molecular flexibility index (Phi) is 5.66. The van der Waals surface area contributed by atoms with Gasteiger partial charge in [0.25, 0.3) is 5.91 Å². The fourth-order valence-corrected chi connectivity index (χ4v) is 3.24. The third kappa shape index (κ3) is 3.99. The molecule has 0 bridgehead atoms. The number of ether oxygens (including phenoxy) is 1. The number of methoxy groups -OCH3 is 1. The van der Waals surface area contributed by atoms with Crippen LogP contribution >= 0.6 is 0 Å². The lowest BCUT2D eigenvalue weighted by molar-refractivity contribution is 0.0637. The molecule has 0 saturated carbocycles. The summed E-state index contributed by atoms with van der Waals surface area (Å²) in [7, 11) is 1.64. The molecule has 1 aliphatic heterocycles. The Bertz CT molecular complexity index is 710. The van der Waals surface area contributed by atoms with Crippen molar-refractivity contribution in [3.63, 3.8) is 0 Å². The average Bonchev–Trinajstić information content (AvgIpc) is 2.68. The van der Waals surface area contributed by atoms with Gasteiger partial charge in [-0.1, -0.05) is 13.0 Å². The van der Waals surface area contributed by atoms with E-state index in [1.54, 1.807) is 13.3 Å². The Morgan fingerprint density at radius 3 is 2.60 bits per heavy atom. The van der Waals surface area contributed by atoms with Gasteiger partial charge in [0.15, 0.2) is 0 Å². The summed E-state index contributed by atoms with van der Waals surface area (Å²) in [4.78, 5) is 21.6. The number of benzene rings is 1. The van der Waals surface area contributed by atoms with Crippen LogP contribution in [0.2, 0.25) is 0 Å². The van der Waals surface area contributed by atoms with E-state index in [4.69, 9.17) is 4.74 Å². The second kappa shape index (κ2) is 8.12. The number of carbonyl (C=O) groups excluding carboxylic acids is 1. The monoisotopic (exact) mass is 339 g/mol. The third-order valence-corrected chi connectivity index (χ3v) is 4.59. The van der Waals surface area contributed by atoms with E-state index in [-0.39, 0.29) is 5.91 Å². The van der Waals surface area contributed by atoms with Crippen LogP contribution in [-0.4, -0.2) is 60.5 Å². The van der Waals surface area contributed by atoms with Crippen LogP contribution in [0.3, 0.4) is 0 Å². The Hall–Kier alpha value is -2.40. The first kappa shape index (κ1) is 17.4. The molecule has 1 aromatic carbocycles. The van der Waals surface area contributed by atoms with E-state index in [0.29, 0.717) is 5.56 Å². The van der Waals surface area contributed by atoms with E-state index >= 15 is 0 Å². The zero-order chi connectivity index (χ0) is 17.6. The van der Waals surface area contributed by atoms with E-state index in [9.17, 15) is 4.79 Å². The third-order valence-electron chi connectivity index (χ3n) is 4.59. The smallest absolute Gasteiger partial charge is 0.253 e. The van der Waals surface area contributed by atoms with Gasteiger partial charge in [-0.3, -0.25) is 14.7 Å². The Balaban J connectivity index is 1.80. The topological polar surface area (TPSA) is 45.7 Å². The van der Waals surface area contributed by atoms with Crippen molar-refractivity contribution in [1.82, 2.24) is 14.8 Å². The van der Waals surface area contributed by atoms with E-state index in [2.05, 4.69) is 16.8 Å². The molecule has 0 spiro atoms. The molecule has 2 heterocycles. The summed E-state index contributed by atoms with van der Waals surface area (Å²) < 4.78 is 5.45. The molecule has 1 amide bonds. The van der Waals surface area contributed by atoms with Crippen molar-refractivity contribution in [2.45, 2.75) is 13.3 Å². The molecular weight excluding hydrogens is 314 g/mol. The first-order valence-electron chi connectivity index (χ1n) is 8.84. The molecule has 1 saturated heterocycles. The summed E-state index contributed by atoms with van der Waals surface area (Å²) in [6, 6.07) is 11.3. The Morgan fingerprint density at radius 1 is 1.16 bits per heavy atom. The molecule has 1 fully saturated rings. The lowest BCUT2D eigenvalue weighted by Gasteiger charge is -2.34. The molecule has 0 unspecified atom stereocenters. The number of nitrogens with zero attached hydrogens (tertiary/aromatic N) is 3. The zero-order valence-corrected chi connectivity index (χ0v) is 14.9. The summed E-state index contributed by atoms with van der Waals surface area (Å²) in [5, 5.41) is 0. The summed E-state index contributed by atoms with van der Waals surface area (Å²) in [5.74, 6) is 0.805. The van der Waals surface area contributed by atoms with Crippen LogP contribution in [-0.2, 0) is 0 Å². The predicted octanol–water partition coefficient (Wildman–Crippen LogP) is 2.93. The summed E-state index contributed by atoms with van der Waals surface area (Å²) in [6.07, 6.45) is 2.90. The van der Waals surface area contributed by atoms with Gasteiger partial charge >= 0.3 is 0 Å². The van der Waals surface area contributed by atoms with Gasteiger partial charge in [0.1, 0.15) is 5.75 Å². The highest BCUT2D eigenvalue weighted by Gasteiger charge is 2.22. The first-order chi connectivity index (χ1) is 12.2. The maximum absolute atomic E-state index is 12.9. The van der Waals surface area contributed by atoms with E-state index in [1.807, 2.05) is 41.3 Å². The molecule has 0 N–H and O–H groups in total. The highest BCUT2D eigenvalue weighted by molar-refractivity contribution is 5.96. The van der Waals surface area contributed by atoms with Crippen LogP contribution in [0.25, 0.3) is 11.3 Å². The van der Waals surface area contributed by atoms with E-state index < -0.39 is 0 Å². The van der Waals surface area contributed by atoms with Gasteiger partial charge < -0.3 is 9.64 Å². The zero-order valence-electron chi connectivity index (χ0n) is 14.9. The maximum atomic E-state index is 12.9. The standard InChI is InChI=1S/C20H25N3O2/c1-3-10-22-11-13-23(14-12-22)20(24)16-7-8-19(25-2)17(15-16)18-6-4-5-9-21-18/h4-9,15H,3,10-14H2,1-2H3. The maximum Gasteiger partial charge on any atom is 0.253 e. The molecule has 3 rings (SSSR count). The number of piperazine rings is 1. The number of pyridine rings is 1. The Labute approximate surface area is 149 Å². The fraction of sp³-hybridized carbons (Fsp3) is 0.400. The second-order valence-electron chi connectivity index (χ2n) is 6.26. The highest BCUT2D eigenvalue weighted by Crippen LogP contribution is 2.29. The molecular formula is C20H25N3O2. The van der Waals surface area contributed by atoms with Crippen LogP contribution in [0.1, 0.15) is 23.7 Å². The quantitative estimate of drug-likeness (QED) is 0.840. The second-order valence-corrected chi connectivity index (χ2v) is 6.26. The molecule has 0 radical (unpaired) electrons. The normalized spacial score (nSPS) is 15.2. The molecule has 2 aromatic rings. The van der Waals surface area contributed by atoms with Crippen LogP contribution < -0.4 is 4.74 Å². The van der Waals surface area contributed by atoms with Gasteiger partial charge in [-0.25, -0.2) is 0 Å². The van der Waals surface area contributed by atoms with Crippen LogP contribution in [0.15, 0.2) is 42.6 Å². The van der Waals surface area contributed by atoms with Crippen molar-refractivity contribution in [2.75, 3.05) is 39.8 Å². The summed E-state index contributed by atoms with van der Waals surface area (Å²) in [6.45, 7) is 6.75. The number of carbonyl (C=O) groups is 1. The lowest BCUT2D eigenvalue weighted by atomic mass is 10.0. The van der Waals surface area contributed by atoms with Gasteiger partial charge in [0, 0.05) is 43.5 Å². The van der Waals surface area contributed by atoms with Crippen LogP contribution in [0.4, 0.5) is 0 Å². The fourth-order valence-electron chi connectivity index (χ4n) is 3.24. The highest BCUT2D eigenvalue weighted by atomic mass is 16.5. The van der Waals surface area contributed by atoms with Crippen molar-refractivity contribution < 1.29 is 9.53 Å². The van der Waals surface area contributed by atoms with Crippen molar-refractivity contribution in [2.24, 2.45) is 0 Å². The minimum atomic E-state index is 0.0796. The molecule has 5 heteroatoms. The van der Waals surface area contributed by atoms with Crippen molar-refractivity contribution in [3.8, 4) is 17.0 Å². The summed E-state index contributed by atoms with van der Waals surface area (Å²) >= 11 is 0. The molecule has 0 aliphatic carbocycles. The van der Waals surface area contributed by atoms with E-state index in [1.165, 1.54) is 0 Å². The molecule has 5 nitrogen and oxygen atoms in total. The first-order valence-corrected chi connectivity index (χ1v) is 8.84. The Morgan fingerprint density at radius 2 is 1.96 bits per heavy atom. The largest absolute Gasteiger partial charge is 0.496 e. The van der Waals surface area contributed by atoms with Crippen molar-refractivity contribution in [3.05, 3.63) is 48.2 Å². The minimum Gasteiger partial charge on any atom is -0.496 e. The van der Waals surface area contributed by atoms with Crippen LogP contribution in [0, 0.1) is 0 Å². The lowest BCUT2D eigenvalue weighted by Crippen LogP contribution is -2.48. The van der Waals surface area contributed by atoms with Crippen molar-refractivity contribution in [1.29, 1.82) is 0 Å². The molecule has 1 aromatic heterocycles. The molecule has 1 aliphatic rings. The van der Waals surface area contributed by atoms with Gasteiger partial charge in [-0.15, -0.1) is 0 Å². The van der Waals surface area contributed by atoms with Gasteiger partial charge in [-0.05, 0) is 43.3 Å². The van der Waals surface area contributed by atoms with Gasteiger partial charge in [-0.2, -0.15) is 0 Å². The molecule has 0 atom stereocenters. The molecule has 25 heavy (non-hydrogen) atoms. The van der Waals surface area contributed by atoms with Gasteiger partial charge in [0.05, 0.1) is 12.8 Å². The molecule has 132 valence electrons. The summed E-state index contributed by atoms with van der Waals surface area (Å²) in [5.41, 5.74) is 2.34. The number of amides is 1. The van der Waals surface area contributed by atoms with Crippen molar-refractivity contribution >= 4 is 5.91 Å². The number of hydrogen-bond acceptors (Lipinski definition) is 4. The predicted molar refractivity (Wildman–Crippen MR) is 98.9 cm³/mol. The number of aromatic nitrogens is 1. The van der Waals surface area contributed by atoms with Gasteiger partial charge in [0.2, 0.25) is 0 Å². The number of hydrogen-bond donors (Lipinski definition) is 0. The number of rotatable bonds is 5. The minimum absolute atomic E-state index is 0.0796.